The Bertz CT molecular complexity index is 1720. The van der Waals surface area contributed by atoms with Crippen LogP contribution >= 0.6 is 0 Å². The quantitative estimate of drug-likeness (QED) is 0.0324. The molecule has 0 aliphatic carbocycles. The van der Waals surface area contributed by atoms with E-state index in [9.17, 15) is 68.1 Å². The van der Waals surface area contributed by atoms with E-state index in [4.69, 9.17) is 11.5 Å². The van der Waals surface area contributed by atoms with Crippen LogP contribution in [0.3, 0.4) is 0 Å². The van der Waals surface area contributed by atoms with Gasteiger partial charge in [0, 0.05) is 19.5 Å². The molecule has 16 N–H and O–H groups in total. The Morgan fingerprint density at radius 1 is 0.723 bits per heavy atom. The molecule has 2 aliphatic rings. The molecule has 26 nitrogen and oxygen atoms in total. The summed E-state index contributed by atoms with van der Waals surface area (Å²) in [5.41, 5.74) is 10.7. The van der Waals surface area contributed by atoms with Gasteiger partial charge in [-0.1, -0.05) is 13.8 Å². The van der Waals surface area contributed by atoms with Gasteiger partial charge in [0.05, 0.1) is 38.4 Å². The highest BCUT2D eigenvalue weighted by atomic mass is 16.4. The van der Waals surface area contributed by atoms with Gasteiger partial charge in [-0.2, -0.15) is 0 Å². The van der Waals surface area contributed by atoms with E-state index in [1.165, 1.54) is 11.8 Å². The van der Waals surface area contributed by atoms with E-state index in [0.29, 0.717) is 25.8 Å². The van der Waals surface area contributed by atoms with E-state index in [0.717, 1.165) is 0 Å². The molecule has 2 heterocycles. The molecule has 2 aliphatic heterocycles. The lowest BCUT2D eigenvalue weighted by atomic mass is 10.0. The fourth-order valence-electron chi connectivity index (χ4n) is 6.87. The van der Waals surface area contributed by atoms with Gasteiger partial charge >= 0.3 is 5.97 Å². The van der Waals surface area contributed by atoms with Crippen molar-refractivity contribution in [1.29, 1.82) is 0 Å². The summed E-state index contributed by atoms with van der Waals surface area (Å²) in [6, 6.07) is -8.35. The van der Waals surface area contributed by atoms with Crippen LogP contribution in [0.2, 0.25) is 0 Å². The number of nitrogens with zero attached hydrogens (tertiary/aromatic N) is 1. The summed E-state index contributed by atoms with van der Waals surface area (Å²) in [6.45, 7) is 2.81. The zero-order valence-electron chi connectivity index (χ0n) is 36.9. The highest BCUT2D eigenvalue weighted by molar-refractivity contribution is 5.97. The number of β-amino-alcohol motifs (C(OH)–C–C–N with tert-alkyl or cyclic N) is 1. The van der Waals surface area contributed by atoms with Crippen molar-refractivity contribution in [2.75, 3.05) is 45.9 Å². The number of aliphatic hydroxyl groups is 2. The molecular weight excluding hydrogens is 860 g/mol. The molecule has 2 fully saturated rings. The second kappa shape index (κ2) is 28.0. The molecule has 0 aromatic rings. The van der Waals surface area contributed by atoms with Gasteiger partial charge in [0.25, 0.3) is 0 Å². The summed E-state index contributed by atoms with van der Waals surface area (Å²) in [7, 11) is 0. The molecule has 65 heavy (non-hydrogen) atoms. The SMILES string of the molecule is CC(C)C[C@H](NC(=O)CNC(=O)[C@H](CO)NC(=O)[C@H](CCC(N)=O)NC(=O)CNC(=O)C1C[C@@H](O)CN1)C(=O)N[C@@H](C)C(=O)NCC(=O)N1CCC[C@H]1C(=O)N[C@@H](CCCCN)C(=O)O. The van der Waals surface area contributed by atoms with Crippen molar-refractivity contribution in [3.63, 3.8) is 0 Å². The van der Waals surface area contributed by atoms with Crippen molar-refractivity contribution >= 4 is 65.0 Å². The van der Waals surface area contributed by atoms with Crippen molar-refractivity contribution in [2.45, 2.75) is 127 Å². The molecule has 1 unspecified atom stereocenters. The minimum Gasteiger partial charge on any atom is -0.480 e. The summed E-state index contributed by atoms with van der Waals surface area (Å²) in [4.78, 5) is 140. The van der Waals surface area contributed by atoms with Crippen molar-refractivity contribution in [3.8, 4) is 0 Å². The average Bonchev–Trinajstić information content (AvgIpc) is 3.93. The van der Waals surface area contributed by atoms with E-state index in [2.05, 4.69) is 47.9 Å². The molecule has 0 saturated carbocycles. The smallest absolute Gasteiger partial charge is 0.326 e. The van der Waals surface area contributed by atoms with Gasteiger partial charge in [0.15, 0.2) is 0 Å². The number of unbranched alkanes of at least 4 members (excludes halogenated alkanes) is 1. The van der Waals surface area contributed by atoms with Crippen LogP contribution in [0.15, 0.2) is 0 Å². The Morgan fingerprint density at radius 3 is 1.94 bits per heavy atom. The number of hydrogen-bond acceptors (Lipinski definition) is 15. The fourth-order valence-corrected chi connectivity index (χ4v) is 6.87. The number of carbonyl (C=O) groups is 11. The van der Waals surface area contributed by atoms with Gasteiger partial charge < -0.3 is 79.5 Å². The number of nitrogens with two attached hydrogens (primary N) is 2. The van der Waals surface area contributed by atoms with Crippen molar-refractivity contribution in [1.82, 2.24) is 52.8 Å². The monoisotopic (exact) mass is 926 g/mol. The van der Waals surface area contributed by atoms with E-state index in [1.54, 1.807) is 13.8 Å². The van der Waals surface area contributed by atoms with Crippen LogP contribution in [0.4, 0.5) is 0 Å². The molecule has 0 aromatic carbocycles. The summed E-state index contributed by atoms with van der Waals surface area (Å²) < 4.78 is 0. The number of likely N-dealkylation sites (tertiary alicyclic amines) is 1. The Labute approximate surface area is 375 Å². The first-order valence-corrected chi connectivity index (χ1v) is 21.5. The molecule has 0 radical (unpaired) electrons. The Hall–Kier alpha value is -5.99. The van der Waals surface area contributed by atoms with Crippen LogP contribution in [0, 0.1) is 5.92 Å². The number of amides is 10. The Morgan fingerprint density at radius 2 is 1.35 bits per heavy atom. The number of carboxylic acid groups (broad SMARTS) is 1. The van der Waals surface area contributed by atoms with E-state index in [1.807, 2.05) is 0 Å². The number of primary amides is 1. The zero-order chi connectivity index (χ0) is 48.8. The number of aliphatic hydroxyl groups excluding tert-OH is 2. The molecule has 10 amide bonds. The zero-order valence-corrected chi connectivity index (χ0v) is 36.9. The van der Waals surface area contributed by atoms with Gasteiger partial charge in [-0.15, -0.1) is 0 Å². The van der Waals surface area contributed by atoms with Gasteiger partial charge in [-0.05, 0) is 70.8 Å². The first-order valence-electron chi connectivity index (χ1n) is 21.5. The summed E-state index contributed by atoms with van der Waals surface area (Å²) in [5, 5.41) is 50.7. The van der Waals surface area contributed by atoms with E-state index >= 15 is 0 Å². The van der Waals surface area contributed by atoms with Gasteiger partial charge in [0.1, 0.15) is 36.3 Å². The summed E-state index contributed by atoms with van der Waals surface area (Å²) >= 11 is 0. The minimum atomic E-state index is -1.65. The molecule has 0 spiro atoms. The van der Waals surface area contributed by atoms with Gasteiger partial charge in [0.2, 0.25) is 59.1 Å². The summed E-state index contributed by atoms with van der Waals surface area (Å²) in [6.07, 6.45) is 0.789. The number of hydrogen-bond donors (Lipinski definition) is 14. The number of carboxylic acids is 1. The topological polar surface area (TPSA) is 412 Å². The third kappa shape index (κ3) is 19.7. The lowest BCUT2D eigenvalue weighted by Gasteiger charge is -2.26. The highest BCUT2D eigenvalue weighted by Gasteiger charge is 2.36. The van der Waals surface area contributed by atoms with Crippen LogP contribution in [0.5, 0.6) is 0 Å². The maximum absolute atomic E-state index is 13.3. The number of carbonyl (C=O) groups excluding carboxylic acids is 10. The molecule has 2 rings (SSSR count). The van der Waals surface area contributed by atoms with Gasteiger partial charge in [-0.3, -0.25) is 47.9 Å². The normalized spacial score (nSPS) is 19.1. The average molecular weight is 927 g/mol. The number of aliphatic carboxylic acids is 1. The lowest BCUT2D eigenvalue weighted by molar-refractivity contribution is -0.144. The molecule has 0 aromatic heterocycles. The van der Waals surface area contributed by atoms with Crippen molar-refractivity contribution in [3.05, 3.63) is 0 Å². The van der Waals surface area contributed by atoms with Crippen LogP contribution in [0.1, 0.15) is 78.6 Å². The first-order chi connectivity index (χ1) is 30.7. The van der Waals surface area contributed by atoms with E-state index in [-0.39, 0.29) is 57.5 Å². The minimum absolute atomic E-state index is 0.0878. The summed E-state index contributed by atoms with van der Waals surface area (Å²) in [5.74, 6) is -9.29. The van der Waals surface area contributed by atoms with Crippen LogP contribution < -0.4 is 59.3 Å². The van der Waals surface area contributed by atoms with Crippen LogP contribution in [0.25, 0.3) is 0 Å². The largest absolute Gasteiger partial charge is 0.480 e. The van der Waals surface area contributed by atoms with Crippen LogP contribution in [-0.4, -0.2) is 180 Å². The highest BCUT2D eigenvalue weighted by Crippen LogP contribution is 2.18. The molecule has 0 bridgehead atoms. The fraction of sp³-hybridized carbons (Fsp3) is 0.718. The standard InChI is InChI=1S/C39H66N12O14/c1-20(2)13-26(37(62)46-21(3)33(58)45-18-32(57)51-12-6-8-28(51)38(63)49-24(39(64)65)7-4-5-11-40)48-31(56)17-44-35(60)27(19-52)50-36(61)23(9-10-29(41)54)47-30(55)16-43-34(59)25-14-22(53)15-42-25/h20-28,42,52-53H,4-19,40H2,1-3H3,(H2,41,54)(H,43,59)(H,44,60)(H,45,58)(H,46,62)(H,47,55)(H,48,56)(H,49,63)(H,50,61)(H,64,65)/t21-,22+,23-,24-,25?,26-,27-,28-/m0/s1. The predicted molar refractivity (Wildman–Crippen MR) is 227 cm³/mol. The van der Waals surface area contributed by atoms with Crippen molar-refractivity contribution < 1.29 is 68.1 Å². The number of rotatable bonds is 28. The third-order valence-electron chi connectivity index (χ3n) is 10.4. The molecule has 366 valence electrons. The Kier molecular flexibility index (Phi) is 23.8. The van der Waals surface area contributed by atoms with E-state index < -0.39 is 140 Å². The molecule has 26 heteroatoms. The second-order valence-electron chi connectivity index (χ2n) is 16.3. The molecular formula is C39H66N12O14. The van der Waals surface area contributed by atoms with Crippen LogP contribution in [-0.2, 0) is 52.7 Å². The first kappa shape index (κ1) is 55.1. The number of nitrogens with one attached hydrogen (secondary N) is 9. The third-order valence-corrected chi connectivity index (χ3v) is 10.4. The Balaban J connectivity index is 1.92. The lowest BCUT2D eigenvalue weighted by Crippen LogP contribution is -2.57. The molecule has 8 atom stereocenters. The molecule has 2 saturated heterocycles. The predicted octanol–water partition coefficient (Wildman–Crippen LogP) is -6.99. The second-order valence-corrected chi connectivity index (χ2v) is 16.3. The maximum Gasteiger partial charge on any atom is 0.326 e. The maximum atomic E-state index is 13.3. The van der Waals surface area contributed by atoms with Crippen molar-refractivity contribution in [2.24, 2.45) is 17.4 Å². The van der Waals surface area contributed by atoms with Gasteiger partial charge in [-0.25, -0.2) is 4.79 Å².